The van der Waals surface area contributed by atoms with Crippen LogP contribution in [0.3, 0.4) is 0 Å². The van der Waals surface area contributed by atoms with E-state index in [-0.39, 0.29) is 22.1 Å². The van der Waals surface area contributed by atoms with Gasteiger partial charge in [-0.15, -0.1) is 0 Å². The molecule has 1 amide bonds. The molecule has 4 rings (SSSR count). The largest absolute Gasteiger partial charge is 0.497 e. The molecule has 1 heterocycles. The van der Waals surface area contributed by atoms with E-state index >= 15 is 0 Å². The lowest BCUT2D eigenvalue weighted by Crippen LogP contribution is -2.15. The summed E-state index contributed by atoms with van der Waals surface area (Å²) in [6, 6.07) is 15.9. The maximum absolute atomic E-state index is 13.4. The molecule has 0 fully saturated rings. The second-order valence-electron chi connectivity index (χ2n) is 6.94. The molecule has 1 aromatic heterocycles. The number of rotatable bonds is 5. The molecular weight excluding hydrogens is 457 g/mol. The van der Waals surface area contributed by atoms with E-state index in [1.165, 1.54) is 19.2 Å². The van der Waals surface area contributed by atoms with Gasteiger partial charge in [-0.3, -0.25) is 9.78 Å². The van der Waals surface area contributed by atoms with Gasteiger partial charge in [0.2, 0.25) is 0 Å². The number of fused-ring (bicyclic) bond motifs is 1. The molecule has 3 aromatic carbocycles. The second-order valence-corrected chi connectivity index (χ2v) is 7.35. The Morgan fingerprint density at radius 3 is 2.48 bits per heavy atom. The number of hydrogen-bond donors (Lipinski definition) is 1. The lowest BCUT2D eigenvalue weighted by Gasteiger charge is -2.16. The van der Waals surface area contributed by atoms with E-state index in [9.17, 15) is 18.0 Å². The van der Waals surface area contributed by atoms with Gasteiger partial charge in [-0.05, 0) is 42.5 Å². The zero-order valence-corrected chi connectivity index (χ0v) is 17.9. The topological polar surface area (TPSA) is 60.5 Å². The molecule has 0 unspecified atom stereocenters. The van der Waals surface area contributed by atoms with Gasteiger partial charge in [-0.25, -0.2) is 0 Å². The van der Waals surface area contributed by atoms with Gasteiger partial charge in [0.15, 0.2) is 0 Å². The number of para-hydroxylation sites is 1. The summed E-state index contributed by atoms with van der Waals surface area (Å²) in [5.74, 6) is -0.265. The number of amides is 1. The number of carbonyl (C=O) groups is 1. The third kappa shape index (κ3) is 4.85. The number of nitrogens with one attached hydrogen (secondary N) is 1. The van der Waals surface area contributed by atoms with Crippen molar-refractivity contribution < 1.29 is 27.4 Å². The summed E-state index contributed by atoms with van der Waals surface area (Å²) in [6.07, 6.45) is -3.09. The highest BCUT2D eigenvalue weighted by molar-refractivity contribution is 6.32. The van der Waals surface area contributed by atoms with E-state index in [2.05, 4.69) is 10.3 Å². The third-order valence-corrected chi connectivity index (χ3v) is 5.09. The smallest absolute Gasteiger partial charge is 0.416 e. The van der Waals surface area contributed by atoms with E-state index < -0.39 is 17.6 Å². The summed E-state index contributed by atoms with van der Waals surface area (Å²) in [7, 11) is 1.46. The molecular formula is C24H16ClF3N2O3. The van der Waals surface area contributed by atoms with Crippen molar-refractivity contribution in [2.45, 2.75) is 6.18 Å². The van der Waals surface area contributed by atoms with Crippen molar-refractivity contribution in [2.24, 2.45) is 0 Å². The SMILES string of the molecule is COc1ccc(Oc2ccc(C(F)(F)F)cc2C(=O)Nc2cccc3cccnc23)c(Cl)c1. The number of halogens is 4. The van der Waals surface area contributed by atoms with Crippen LogP contribution in [0, 0.1) is 0 Å². The van der Waals surface area contributed by atoms with Gasteiger partial charge in [0.05, 0.1) is 34.5 Å². The Labute approximate surface area is 191 Å². The highest BCUT2D eigenvalue weighted by Gasteiger charge is 2.32. The Morgan fingerprint density at radius 1 is 1.00 bits per heavy atom. The molecule has 1 N–H and O–H groups in total. The van der Waals surface area contributed by atoms with Crippen molar-refractivity contribution in [1.82, 2.24) is 4.98 Å². The average Bonchev–Trinajstić information content (AvgIpc) is 2.80. The zero-order chi connectivity index (χ0) is 23.6. The monoisotopic (exact) mass is 472 g/mol. The minimum atomic E-state index is -4.65. The Hall–Kier alpha value is -3.78. The fraction of sp³-hybridized carbons (Fsp3) is 0.0833. The molecule has 0 radical (unpaired) electrons. The van der Waals surface area contributed by atoms with Crippen molar-refractivity contribution in [2.75, 3.05) is 12.4 Å². The van der Waals surface area contributed by atoms with Gasteiger partial charge < -0.3 is 14.8 Å². The molecule has 0 aliphatic carbocycles. The first-order valence-corrected chi connectivity index (χ1v) is 10.0. The van der Waals surface area contributed by atoms with Crippen LogP contribution >= 0.6 is 11.6 Å². The number of benzene rings is 3. The van der Waals surface area contributed by atoms with Crippen LogP contribution in [0.2, 0.25) is 5.02 Å². The van der Waals surface area contributed by atoms with Gasteiger partial charge >= 0.3 is 6.18 Å². The molecule has 0 saturated heterocycles. The maximum atomic E-state index is 13.4. The van der Waals surface area contributed by atoms with E-state index in [4.69, 9.17) is 21.1 Å². The summed E-state index contributed by atoms with van der Waals surface area (Å²) in [5.41, 5.74) is -0.452. The molecule has 5 nitrogen and oxygen atoms in total. The predicted octanol–water partition coefficient (Wildman–Crippen LogP) is 6.96. The summed E-state index contributed by atoms with van der Waals surface area (Å²) in [6.45, 7) is 0. The molecule has 0 aliphatic heterocycles. The molecule has 0 atom stereocenters. The van der Waals surface area contributed by atoms with Crippen LogP contribution < -0.4 is 14.8 Å². The first kappa shape index (κ1) is 22.4. The Balaban J connectivity index is 1.74. The highest BCUT2D eigenvalue weighted by atomic mass is 35.5. The number of anilines is 1. The number of pyridine rings is 1. The van der Waals surface area contributed by atoms with Gasteiger partial charge in [-0.1, -0.05) is 29.8 Å². The fourth-order valence-corrected chi connectivity index (χ4v) is 3.39. The molecule has 0 saturated carbocycles. The highest BCUT2D eigenvalue weighted by Crippen LogP contribution is 2.37. The minimum Gasteiger partial charge on any atom is -0.497 e. The van der Waals surface area contributed by atoms with E-state index in [1.54, 1.807) is 30.5 Å². The quantitative estimate of drug-likeness (QED) is 0.341. The number of ether oxygens (including phenoxy) is 2. The lowest BCUT2D eigenvalue weighted by atomic mass is 10.1. The van der Waals surface area contributed by atoms with Gasteiger partial charge in [0.25, 0.3) is 5.91 Å². The minimum absolute atomic E-state index is 0.0965. The van der Waals surface area contributed by atoms with Gasteiger partial charge in [-0.2, -0.15) is 13.2 Å². The molecule has 4 aromatic rings. The first-order valence-electron chi connectivity index (χ1n) is 9.64. The normalized spacial score (nSPS) is 11.3. The van der Waals surface area contributed by atoms with Crippen LogP contribution in [0.5, 0.6) is 17.2 Å². The molecule has 0 spiro atoms. The molecule has 0 aliphatic rings. The van der Waals surface area contributed by atoms with E-state index in [0.717, 1.165) is 23.6 Å². The summed E-state index contributed by atoms with van der Waals surface area (Å²) in [5, 5.41) is 3.57. The average molecular weight is 473 g/mol. The van der Waals surface area contributed by atoms with Crippen LogP contribution in [-0.2, 0) is 6.18 Å². The Bertz CT molecular complexity index is 1340. The number of carbonyl (C=O) groups excluding carboxylic acids is 1. The number of alkyl halides is 3. The summed E-state index contributed by atoms with van der Waals surface area (Å²) < 4.78 is 50.9. The number of aromatic nitrogens is 1. The molecule has 168 valence electrons. The van der Waals surface area contributed by atoms with Crippen molar-refractivity contribution in [3.05, 3.63) is 89.1 Å². The van der Waals surface area contributed by atoms with Crippen LogP contribution in [-0.4, -0.2) is 18.0 Å². The van der Waals surface area contributed by atoms with Crippen molar-refractivity contribution in [1.29, 1.82) is 0 Å². The molecule has 0 bridgehead atoms. The van der Waals surface area contributed by atoms with Crippen LogP contribution in [0.4, 0.5) is 18.9 Å². The molecule has 33 heavy (non-hydrogen) atoms. The Kier molecular flexibility index (Phi) is 6.11. The van der Waals surface area contributed by atoms with E-state index in [0.29, 0.717) is 17.0 Å². The third-order valence-electron chi connectivity index (χ3n) is 4.79. The van der Waals surface area contributed by atoms with Crippen molar-refractivity contribution >= 4 is 34.1 Å². The fourth-order valence-electron chi connectivity index (χ4n) is 3.18. The second kappa shape index (κ2) is 8.99. The number of hydrogen-bond acceptors (Lipinski definition) is 4. The Morgan fingerprint density at radius 2 is 1.76 bits per heavy atom. The summed E-state index contributed by atoms with van der Waals surface area (Å²) in [4.78, 5) is 17.3. The standard InChI is InChI=1S/C24H16ClF3N2O3/c1-32-16-8-10-21(18(25)13-16)33-20-9-7-15(24(26,27)28)12-17(20)23(31)30-19-6-2-4-14-5-3-11-29-22(14)19/h2-13H,1H3,(H,30,31). The maximum Gasteiger partial charge on any atom is 0.416 e. The van der Waals surface area contributed by atoms with E-state index in [1.807, 2.05) is 12.1 Å². The van der Waals surface area contributed by atoms with Crippen LogP contribution in [0.1, 0.15) is 15.9 Å². The van der Waals surface area contributed by atoms with Crippen LogP contribution in [0.25, 0.3) is 10.9 Å². The van der Waals surface area contributed by atoms with Gasteiger partial charge in [0.1, 0.15) is 17.2 Å². The lowest BCUT2D eigenvalue weighted by molar-refractivity contribution is -0.137. The molecule has 9 heteroatoms. The zero-order valence-electron chi connectivity index (χ0n) is 17.1. The number of methoxy groups -OCH3 is 1. The van der Waals surface area contributed by atoms with Gasteiger partial charge in [0, 0.05) is 17.6 Å². The number of nitrogens with zero attached hydrogens (tertiary/aromatic N) is 1. The van der Waals surface area contributed by atoms with Crippen LogP contribution in [0.15, 0.2) is 72.9 Å². The predicted molar refractivity (Wildman–Crippen MR) is 119 cm³/mol. The van der Waals surface area contributed by atoms with Crippen molar-refractivity contribution in [3.8, 4) is 17.2 Å². The van der Waals surface area contributed by atoms with Crippen molar-refractivity contribution in [3.63, 3.8) is 0 Å². The summed E-state index contributed by atoms with van der Waals surface area (Å²) >= 11 is 6.20. The first-order chi connectivity index (χ1) is 15.8.